The van der Waals surface area contributed by atoms with Gasteiger partial charge in [0.05, 0.1) is 16.6 Å². The lowest BCUT2D eigenvalue weighted by Crippen LogP contribution is -1.88. The zero-order chi connectivity index (χ0) is 12.7. The number of aromatic amines is 1. The number of H-pyrrole nitrogens is 1. The number of hydrogen-bond donors (Lipinski definition) is 2. The fraction of sp³-hybridized carbons (Fsp3) is 0.133. The Morgan fingerprint density at radius 3 is 2.61 bits per heavy atom. The molecule has 18 heavy (non-hydrogen) atoms. The summed E-state index contributed by atoms with van der Waals surface area (Å²) in [4.78, 5) is 7.76. The Kier molecular flexibility index (Phi) is 2.33. The number of aryl methyl sites for hydroxylation is 2. The normalized spacial score (nSPS) is 11.0. The molecular weight excluding hydrogens is 224 g/mol. The van der Waals surface area contributed by atoms with Crippen molar-refractivity contribution >= 4 is 11.0 Å². The monoisotopic (exact) mass is 238 g/mol. The largest absolute Gasteiger partial charge is 0.507 e. The van der Waals surface area contributed by atoms with E-state index in [1.54, 1.807) is 6.07 Å². The number of aromatic nitrogens is 2. The molecule has 0 aliphatic heterocycles. The van der Waals surface area contributed by atoms with Crippen molar-refractivity contribution in [3.63, 3.8) is 0 Å². The summed E-state index contributed by atoms with van der Waals surface area (Å²) >= 11 is 0. The van der Waals surface area contributed by atoms with Crippen LogP contribution in [0.3, 0.4) is 0 Å². The van der Waals surface area contributed by atoms with Crippen LogP contribution in [0, 0.1) is 13.8 Å². The molecule has 3 heteroatoms. The summed E-state index contributed by atoms with van der Waals surface area (Å²) < 4.78 is 0. The average molecular weight is 238 g/mol. The molecule has 3 rings (SSSR count). The summed E-state index contributed by atoms with van der Waals surface area (Å²) in [6.45, 7) is 3.95. The lowest BCUT2D eigenvalue weighted by atomic mass is 10.0. The molecule has 1 aromatic heterocycles. The lowest BCUT2D eigenvalue weighted by Gasteiger charge is -2.06. The van der Waals surface area contributed by atoms with Gasteiger partial charge >= 0.3 is 0 Å². The van der Waals surface area contributed by atoms with Crippen LogP contribution in [0.4, 0.5) is 0 Å². The number of para-hydroxylation sites is 2. The Labute approximate surface area is 105 Å². The van der Waals surface area contributed by atoms with Crippen LogP contribution in [0.15, 0.2) is 36.4 Å². The third-order valence-electron chi connectivity index (χ3n) is 3.09. The number of fused-ring (bicyclic) bond motifs is 1. The van der Waals surface area contributed by atoms with Gasteiger partial charge in [-0.2, -0.15) is 0 Å². The first-order valence-corrected chi connectivity index (χ1v) is 5.90. The molecule has 0 amide bonds. The number of phenols is 1. The van der Waals surface area contributed by atoms with Gasteiger partial charge in [-0.15, -0.1) is 0 Å². The third kappa shape index (κ3) is 1.64. The zero-order valence-electron chi connectivity index (χ0n) is 10.4. The molecule has 0 spiro atoms. The molecule has 2 aromatic carbocycles. The third-order valence-corrected chi connectivity index (χ3v) is 3.09. The molecule has 0 aliphatic carbocycles. The van der Waals surface area contributed by atoms with Gasteiger partial charge in [0.1, 0.15) is 11.6 Å². The molecule has 0 atom stereocenters. The number of hydrogen-bond acceptors (Lipinski definition) is 2. The first-order chi connectivity index (χ1) is 8.65. The van der Waals surface area contributed by atoms with Gasteiger partial charge in [0.15, 0.2) is 0 Å². The van der Waals surface area contributed by atoms with Crippen LogP contribution in [0.5, 0.6) is 5.75 Å². The van der Waals surface area contributed by atoms with E-state index in [9.17, 15) is 5.11 Å². The molecule has 0 fully saturated rings. The van der Waals surface area contributed by atoms with Crippen LogP contribution in [0.25, 0.3) is 22.4 Å². The molecule has 0 radical (unpaired) electrons. The molecule has 2 N–H and O–H groups in total. The fourth-order valence-corrected chi connectivity index (χ4v) is 2.32. The minimum atomic E-state index is 0.270. The van der Waals surface area contributed by atoms with Crippen LogP contribution < -0.4 is 0 Å². The van der Waals surface area contributed by atoms with E-state index in [0.717, 1.165) is 27.7 Å². The molecular formula is C15H14N2O. The Morgan fingerprint density at radius 1 is 1.11 bits per heavy atom. The van der Waals surface area contributed by atoms with Crippen molar-refractivity contribution < 1.29 is 5.11 Å². The maximum Gasteiger partial charge on any atom is 0.142 e. The number of nitrogens with one attached hydrogen (secondary N) is 1. The maximum absolute atomic E-state index is 10.1. The second kappa shape index (κ2) is 3.88. The summed E-state index contributed by atoms with van der Waals surface area (Å²) in [5.41, 5.74) is 4.73. The Bertz CT molecular complexity index is 672. The fourth-order valence-electron chi connectivity index (χ4n) is 2.32. The summed E-state index contributed by atoms with van der Waals surface area (Å²) in [5, 5.41) is 10.1. The van der Waals surface area contributed by atoms with Gasteiger partial charge in [0.25, 0.3) is 0 Å². The van der Waals surface area contributed by atoms with Crippen molar-refractivity contribution in [3.05, 3.63) is 47.5 Å². The Hall–Kier alpha value is -2.29. The average Bonchev–Trinajstić information content (AvgIpc) is 2.70. The molecule has 90 valence electrons. The predicted molar refractivity (Wildman–Crippen MR) is 72.7 cm³/mol. The van der Waals surface area contributed by atoms with E-state index in [1.807, 2.05) is 44.2 Å². The Balaban J connectivity index is 2.26. The van der Waals surface area contributed by atoms with E-state index in [4.69, 9.17) is 0 Å². The van der Waals surface area contributed by atoms with Crippen molar-refractivity contribution in [2.45, 2.75) is 13.8 Å². The molecule has 0 saturated heterocycles. The van der Waals surface area contributed by atoms with Gasteiger partial charge in [0, 0.05) is 0 Å². The van der Waals surface area contributed by atoms with E-state index < -0.39 is 0 Å². The maximum atomic E-state index is 10.1. The molecule has 0 aliphatic rings. The van der Waals surface area contributed by atoms with Crippen LogP contribution in [-0.2, 0) is 0 Å². The molecule has 3 aromatic rings. The summed E-state index contributed by atoms with van der Waals surface area (Å²) in [7, 11) is 0. The highest BCUT2D eigenvalue weighted by Crippen LogP contribution is 2.32. The summed E-state index contributed by atoms with van der Waals surface area (Å²) in [6.07, 6.45) is 0. The van der Waals surface area contributed by atoms with Crippen molar-refractivity contribution in [1.82, 2.24) is 9.97 Å². The first-order valence-electron chi connectivity index (χ1n) is 5.90. The first kappa shape index (κ1) is 10.8. The van der Waals surface area contributed by atoms with Crippen molar-refractivity contribution in [3.8, 4) is 17.1 Å². The van der Waals surface area contributed by atoms with Crippen LogP contribution in [0.1, 0.15) is 11.1 Å². The van der Waals surface area contributed by atoms with E-state index >= 15 is 0 Å². The number of imidazole rings is 1. The van der Waals surface area contributed by atoms with Crippen molar-refractivity contribution in [1.29, 1.82) is 0 Å². The Morgan fingerprint density at radius 2 is 1.89 bits per heavy atom. The van der Waals surface area contributed by atoms with Gasteiger partial charge in [-0.3, -0.25) is 0 Å². The van der Waals surface area contributed by atoms with Crippen LogP contribution in [-0.4, -0.2) is 15.1 Å². The second-order valence-corrected chi connectivity index (χ2v) is 4.58. The summed E-state index contributed by atoms with van der Waals surface area (Å²) in [6, 6.07) is 11.7. The number of benzene rings is 2. The molecule has 1 heterocycles. The SMILES string of the molecule is Cc1cc(C)c(-c2nc3ccccc3[nH]2)c(O)c1. The predicted octanol–water partition coefficient (Wildman–Crippen LogP) is 3.55. The molecule has 0 bridgehead atoms. The van der Waals surface area contributed by atoms with Crippen molar-refractivity contribution in [2.75, 3.05) is 0 Å². The number of rotatable bonds is 1. The highest BCUT2D eigenvalue weighted by molar-refractivity contribution is 5.81. The molecule has 0 unspecified atom stereocenters. The lowest BCUT2D eigenvalue weighted by molar-refractivity contribution is 0.476. The quantitative estimate of drug-likeness (QED) is 0.681. The molecule has 0 saturated carbocycles. The minimum Gasteiger partial charge on any atom is -0.507 e. The number of phenolic OH excluding ortho intramolecular Hbond substituents is 1. The van der Waals surface area contributed by atoms with Crippen LogP contribution >= 0.6 is 0 Å². The van der Waals surface area contributed by atoms with E-state index in [0.29, 0.717) is 5.82 Å². The number of aromatic hydroxyl groups is 1. The van der Waals surface area contributed by atoms with Crippen LogP contribution in [0.2, 0.25) is 0 Å². The van der Waals surface area contributed by atoms with Crippen molar-refractivity contribution in [2.24, 2.45) is 0 Å². The number of nitrogens with zero attached hydrogens (tertiary/aromatic N) is 1. The van der Waals surface area contributed by atoms with Gasteiger partial charge < -0.3 is 10.1 Å². The van der Waals surface area contributed by atoms with E-state index in [2.05, 4.69) is 9.97 Å². The van der Waals surface area contributed by atoms with E-state index in [1.165, 1.54) is 0 Å². The highest BCUT2D eigenvalue weighted by Gasteiger charge is 2.12. The highest BCUT2D eigenvalue weighted by atomic mass is 16.3. The van der Waals surface area contributed by atoms with Gasteiger partial charge in [-0.25, -0.2) is 4.98 Å². The standard InChI is InChI=1S/C15H14N2O/c1-9-7-10(2)14(13(18)8-9)15-16-11-5-3-4-6-12(11)17-15/h3-8,18H,1-2H3,(H,16,17). The minimum absolute atomic E-state index is 0.270. The smallest absolute Gasteiger partial charge is 0.142 e. The molecule has 3 nitrogen and oxygen atoms in total. The second-order valence-electron chi connectivity index (χ2n) is 4.58. The van der Waals surface area contributed by atoms with Gasteiger partial charge in [-0.05, 0) is 43.2 Å². The van der Waals surface area contributed by atoms with Gasteiger partial charge in [0.2, 0.25) is 0 Å². The zero-order valence-corrected chi connectivity index (χ0v) is 10.4. The topological polar surface area (TPSA) is 48.9 Å². The summed E-state index contributed by atoms with van der Waals surface area (Å²) in [5.74, 6) is 0.984. The van der Waals surface area contributed by atoms with Gasteiger partial charge in [-0.1, -0.05) is 18.2 Å². The van der Waals surface area contributed by atoms with E-state index in [-0.39, 0.29) is 5.75 Å².